The molecule has 1 fully saturated rings. The van der Waals surface area contributed by atoms with Gasteiger partial charge in [-0.05, 0) is 44.2 Å². The predicted octanol–water partition coefficient (Wildman–Crippen LogP) is 2.07. The second kappa shape index (κ2) is 7.03. The molecule has 1 amide bonds. The van der Waals surface area contributed by atoms with Gasteiger partial charge in [-0.3, -0.25) is 4.79 Å². The zero-order chi connectivity index (χ0) is 13.7. The summed E-state index contributed by atoms with van der Waals surface area (Å²) in [5.74, 6) is -0.00334. The first-order chi connectivity index (χ1) is 9.15. The van der Waals surface area contributed by atoms with E-state index in [0.717, 1.165) is 29.3 Å². The molecular formula is C14H20BrN3O. The summed E-state index contributed by atoms with van der Waals surface area (Å²) in [6, 6.07) is 8.35. The Hall–Kier alpha value is -0.910. The molecule has 0 aliphatic heterocycles. The number of anilines is 1. The fourth-order valence-electron chi connectivity index (χ4n) is 1.89. The van der Waals surface area contributed by atoms with Gasteiger partial charge in [-0.25, -0.2) is 0 Å². The topological polar surface area (TPSA) is 44.4 Å². The fraction of sp³-hybridized carbons (Fsp3) is 0.500. The van der Waals surface area contributed by atoms with Crippen molar-refractivity contribution in [3.05, 3.63) is 28.7 Å². The van der Waals surface area contributed by atoms with Crippen LogP contribution in [0.3, 0.4) is 0 Å². The number of carbonyl (C=O) groups excluding carboxylic acids is 1. The minimum Gasteiger partial charge on any atom is -0.325 e. The Morgan fingerprint density at radius 3 is 2.68 bits per heavy atom. The van der Waals surface area contributed by atoms with Gasteiger partial charge in [0.25, 0.3) is 0 Å². The van der Waals surface area contributed by atoms with E-state index in [1.54, 1.807) is 0 Å². The quantitative estimate of drug-likeness (QED) is 0.754. The molecule has 5 heteroatoms. The second-order valence-corrected chi connectivity index (χ2v) is 5.86. The number of hydrogen-bond acceptors (Lipinski definition) is 3. The Morgan fingerprint density at radius 2 is 2.05 bits per heavy atom. The van der Waals surface area contributed by atoms with E-state index >= 15 is 0 Å². The van der Waals surface area contributed by atoms with Gasteiger partial charge in [-0.15, -0.1) is 0 Å². The molecule has 0 atom stereocenters. The van der Waals surface area contributed by atoms with Crippen LogP contribution in [-0.4, -0.2) is 43.5 Å². The van der Waals surface area contributed by atoms with Gasteiger partial charge in [-0.2, -0.15) is 0 Å². The molecule has 19 heavy (non-hydrogen) atoms. The molecule has 1 aliphatic rings. The monoisotopic (exact) mass is 325 g/mol. The van der Waals surface area contributed by atoms with E-state index in [0.29, 0.717) is 6.54 Å². The van der Waals surface area contributed by atoms with Crippen molar-refractivity contribution in [1.82, 2.24) is 10.2 Å². The molecule has 1 aromatic carbocycles. The average molecular weight is 326 g/mol. The van der Waals surface area contributed by atoms with Gasteiger partial charge in [0.05, 0.1) is 6.54 Å². The van der Waals surface area contributed by atoms with Crippen LogP contribution in [0.5, 0.6) is 0 Å². The van der Waals surface area contributed by atoms with Crippen LogP contribution in [-0.2, 0) is 4.79 Å². The van der Waals surface area contributed by atoms with Crippen molar-refractivity contribution in [3.63, 3.8) is 0 Å². The van der Waals surface area contributed by atoms with E-state index in [2.05, 4.69) is 38.5 Å². The van der Waals surface area contributed by atoms with E-state index in [4.69, 9.17) is 0 Å². The summed E-state index contributed by atoms with van der Waals surface area (Å²) < 4.78 is 1.01. The van der Waals surface area contributed by atoms with Crippen molar-refractivity contribution in [2.45, 2.75) is 18.9 Å². The number of rotatable bonds is 7. The zero-order valence-electron chi connectivity index (χ0n) is 11.2. The Labute approximate surface area is 122 Å². The average Bonchev–Trinajstić information content (AvgIpc) is 3.21. The first-order valence-electron chi connectivity index (χ1n) is 6.61. The van der Waals surface area contributed by atoms with Crippen LogP contribution >= 0.6 is 15.9 Å². The lowest BCUT2D eigenvalue weighted by Gasteiger charge is -2.15. The third-order valence-corrected chi connectivity index (χ3v) is 3.75. The van der Waals surface area contributed by atoms with Crippen LogP contribution in [0.1, 0.15) is 12.8 Å². The second-order valence-electron chi connectivity index (χ2n) is 4.94. The largest absolute Gasteiger partial charge is 0.325 e. The number of nitrogens with zero attached hydrogens (tertiary/aromatic N) is 1. The highest BCUT2D eigenvalue weighted by atomic mass is 79.9. The summed E-state index contributed by atoms with van der Waals surface area (Å²) in [4.78, 5) is 14.0. The van der Waals surface area contributed by atoms with E-state index in [1.165, 1.54) is 12.8 Å². The van der Waals surface area contributed by atoms with Gasteiger partial charge in [0.2, 0.25) is 5.91 Å². The standard InChI is InChI=1S/C14H20BrN3O/c1-18(13-6-7-13)9-8-16-10-14(19)17-12-4-2-11(15)3-5-12/h2-5,13,16H,6-10H2,1H3,(H,17,19). The number of halogens is 1. The molecule has 0 bridgehead atoms. The fourth-order valence-corrected chi connectivity index (χ4v) is 2.16. The highest BCUT2D eigenvalue weighted by Crippen LogP contribution is 2.24. The van der Waals surface area contributed by atoms with E-state index in [1.807, 2.05) is 24.3 Å². The van der Waals surface area contributed by atoms with Crippen LogP contribution in [0, 0.1) is 0 Å². The molecule has 0 heterocycles. The van der Waals surface area contributed by atoms with Gasteiger partial charge in [0.1, 0.15) is 0 Å². The van der Waals surface area contributed by atoms with Crippen molar-refractivity contribution < 1.29 is 4.79 Å². The maximum absolute atomic E-state index is 11.7. The highest BCUT2D eigenvalue weighted by Gasteiger charge is 2.25. The van der Waals surface area contributed by atoms with Crippen molar-refractivity contribution in [3.8, 4) is 0 Å². The lowest BCUT2D eigenvalue weighted by molar-refractivity contribution is -0.115. The molecule has 4 nitrogen and oxygen atoms in total. The van der Waals surface area contributed by atoms with Crippen molar-refractivity contribution in [1.29, 1.82) is 0 Å². The number of likely N-dealkylation sites (N-methyl/N-ethyl adjacent to an activating group) is 1. The molecule has 2 N–H and O–H groups in total. The lowest BCUT2D eigenvalue weighted by Crippen LogP contribution is -2.35. The van der Waals surface area contributed by atoms with Crippen LogP contribution in [0.4, 0.5) is 5.69 Å². The number of benzene rings is 1. The molecule has 0 spiro atoms. The Bertz CT molecular complexity index is 417. The molecule has 0 radical (unpaired) electrons. The van der Waals surface area contributed by atoms with E-state index in [9.17, 15) is 4.79 Å². The van der Waals surface area contributed by atoms with Gasteiger partial charge in [0, 0.05) is 29.3 Å². The maximum atomic E-state index is 11.7. The van der Waals surface area contributed by atoms with Crippen molar-refractivity contribution >= 4 is 27.5 Å². The first-order valence-corrected chi connectivity index (χ1v) is 7.41. The molecule has 1 aliphatic carbocycles. The molecule has 104 valence electrons. The molecule has 0 aromatic heterocycles. The molecule has 1 aromatic rings. The van der Waals surface area contributed by atoms with E-state index < -0.39 is 0 Å². The summed E-state index contributed by atoms with van der Waals surface area (Å²) >= 11 is 3.36. The van der Waals surface area contributed by atoms with Crippen LogP contribution in [0.15, 0.2) is 28.7 Å². The molecule has 2 rings (SSSR count). The van der Waals surface area contributed by atoms with Crippen molar-refractivity contribution in [2.75, 3.05) is 32.0 Å². The number of nitrogens with one attached hydrogen (secondary N) is 2. The SMILES string of the molecule is CN(CCNCC(=O)Nc1ccc(Br)cc1)C1CC1. The normalized spacial score (nSPS) is 14.7. The maximum Gasteiger partial charge on any atom is 0.238 e. The van der Waals surface area contributed by atoms with Gasteiger partial charge in [0.15, 0.2) is 0 Å². The number of amides is 1. The van der Waals surface area contributed by atoms with Gasteiger partial charge < -0.3 is 15.5 Å². The Kier molecular flexibility index (Phi) is 5.36. The molecule has 0 saturated heterocycles. The van der Waals surface area contributed by atoms with Crippen LogP contribution < -0.4 is 10.6 Å². The minimum absolute atomic E-state index is 0.00334. The van der Waals surface area contributed by atoms with E-state index in [-0.39, 0.29) is 5.91 Å². The predicted molar refractivity (Wildman–Crippen MR) is 81.3 cm³/mol. The summed E-state index contributed by atoms with van der Waals surface area (Å²) in [6.45, 7) is 2.20. The summed E-state index contributed by atoms with van der Waals surface area (Å²) in [5, 5.41) is 6.02. The summed E-state index contributed by atoms with van der Waals surface area (Å²) in [5.41, 5.74) is 0.824. The summed E-state index contributed by atoms with van der Waals surface area (Å²) in [6.07, 6.45) is 2.64. The Morgan fingerprint density at radius 1 is 1.37 bits per heavy atom. The third-order valence-electron chi connectivity index (χ3n) is 3.23. The Balaban J connectivity index is 1.60. The molecule has 1 saturated carbocycles. The van der Waals surface area contributed by atoms with Crippen molar-refractivity contribution in [2.24, 2.45) is 0 Å². The lowest BCUT2D eigenvalue weighted by atomic mass is 10.3. The van der Waals surface area contributed by atoms with Gasteiger partial charge in [-0.1, -0.05) is 15.9 Å². The van der Waals surface area contributed by atoms with Crippen LogP contribution in [0.2, 0.25) is 0 Å². The van der Waals surface area contributed by atoms with Gasteiger partial charge >= 0.3 is 0 Å². The smallest absolute Gasteiger partial charge is 0.238 e. The van der Waals surface area contributed by atoms with Crippen LogP contribution in [0.25, 0.3) is 0 Å². The number of carbonyl (C=O) groups is 1. The summed E-state index contributed by atoms with van der Waals surface area (Å²) in [7, 11) is 2.14. The third kappa shape index (κ3) is 5.30. The zero-order valence-corrected chi connectivity index (χ0v) is 12.7. The number of hydrogen-bond donors (Lipinski definition) is 2. The minimum atomic E-state index is -0.00334. The molecular weight excluding hydrogens is 306 g/mol. The highest BCUT2D eigenvalue weighted by molar-refractivity contribution is 9.10. The molecule has 0 unspecified atom stereocenters. The first kappa shape index (κ1) is 14.5.